The Morgan fingerprint density at radius 1 is 1.33 bits per heavy atom. The average Bonchev–Trinajstić information content (AvgIpc) is 2.44. The lowest BCUT2D eigenvalue weighted by Crippen LogP contribution is -2.51. The Labute approximate surface area is 132 Å². The summed E-state index contributed by atoms with van der Waals surface area (Å²) in [6, 6.07) is -1.17. The van der Waals surface area contributed by atoms with Crippen molar-refractivity contribution < 1.29 is 9.59 Å². The third-order valence-electron chi connectivity index (χ3n) is 3.42. The Bertz CT molecular complexity index is 311. The van der Waals surface area contributed by atoms with Gasteiger partial charge < -0.3 is 21.7 Å². The van der Waals surface area contributed by atoms with E-state index in [4.69, 9.17) is 5.73 Å². The Morgan fingerprint density at radius 3 is 2.57 bits per heavy atom. The van der Waals surface area contributed by atoms with Crippen LogP contribution in [0.4, 0.5) is 4.79 Å². The number of hydrogen-bond donors (Lipinski definition) is 4. The van der Waals surface area contributed by atoms with Crippen LogP contribution in [0.1, 0.15) is 26.2 Å². The number of rotatable bonds is 8. The van der Waals surface area contributed by atoms with Gasteiger partial charge in [-0.15, -0.1) is 12.4 Å². The number of hydrogen-bond acceptors (Lipinski definition) is 4. The molecule has 0 aliphatic carbocycles. The summed E-state index contributed by atoms with van der Waals surface area (Å²) in [7, 11) is 0. The predicted molar refractivity (Wildman–Crippen MR) is 85.6 cm³/mol. The SMILES string of the molecule is CCCCC(NC(N)=O)C(=O)NCCN1CCNCC1.Cl. The van der Waals surface area contributed by atoms with Gasteiger partial charge >= 0.3 is 6.03 Å². The van der Waals surface area contributed by atoms with Gasteiger partial charge in [0.1, 0.15) is 6.04 Å². The Kier molecular flexibility index (Phi) is 11.0. The third kappa shape index (κ3) is 8.75. The molecule has 8 heteroatoms. The molecule has 1 heterocycles. The molecular weight excluding hydrogens is 294 g/mol. The lowest BCUT2D eigenvalue weighted by atomic mass is 10.1. The number of amides is 3. The number of unbranched alkanes of at least 4 members (excludes halogenated alkanes) is 1. The maximum atomic E-state index is 12.0. The lowest BCUT2D eigenvalue weighted by molar-refractivity contribution is -0.123. The molecule has 124 valence electrons. The van der Waals surface area contributed by atoms with E-state index in [0.29, 0.717) is 13.0 Å². The monoisotopic (exact) mass is 321 g/mol. The maximum absolute atomic E-state index is 12.0. The van der Waals surface area contributed by atoms with Gasteiger partial charge in [0, 0.05) is 39.3 Å². The van der Waals surface area contributed by atoms with Crippen LogP contribution in [0.3, 0.4) is 0 Å². The number of carbonyl (C=O) groups is 2. The van der Waals surface area contributed by atoms with Crippen LogP contribution in [0, 0.1) is 0 Å². The summed E-state index contributed by atoms with van der Waals surface area (Å²) in [5.74, 6) is -0.146. The fraction of sp³-hybridized carbons (Fsp3) is 0.846. The minimum absolute atomic E-state index is 0. The molecule has 7 nitrogen and oxygen atoms in total. The summed E-state index contributed by atoms with van der Waals surface area (Å²) in [6.07, 6.45) is 2.49. The molecule has 1 rings (SSSR count). The predicted octanol–water partition coefficient (Wildman–Crippen LogP) is -0.343. The van der Waals surface area contributed by atoms with Gasteiger partial charge in [0.15, 0.2) is 0 Å². The average molecular weight is 322 g/mol. The van der Waals surface area contributed by atoms with Crippen LogP contribution in [0.2, 0.25) is 0 Å². The summed E-state index contributed by atoms with van der Waals surface area (Å²) in [4.78, 5) is 25.2. The number of nitrogens with two attached hydrogens (primary N) is 1. The number of piperazine rings is 1. The van der Waals surface area contributed by atoms with Gasteiger partial charge in [0.05, 0.1) is 0 Å². The first-order valence-corrected chi connectivity index (χ1v) is 7.40. The van der Waals surface area contributed by atoms with E-state index < -0.39 is 12.1 Å². The van der Waals surface area contributed by atoms with Crippen molar-refractivity contribution in [1.29, 1.82) is 0 Å². The molecule has 0 bridgehead atoms. The summed E-state index contributed by atoms with van der Waals surface area (Å²) in [5.41, 5.74) is 5.10. The second kappa shape index (κ2) is 11.6. The molecule has 5 N–H and O–H groups in total. The van der Waals surface area contributed by atoms with E-state index in [-0.39, 0.29) is 18.3 Å². The van der Waals surface area contributed by atoms with Crippen LogP contribution in [-0.2, 0) is 4.79 Å². The molecule has 1 aliphatic rings. The van der Waals surface area contributed by atoms with Gasteiger partial charge in [-0.2, -0.15) is 0 Å². The van der Waals surface area contributed by atoms with Crippen molar-refractivity contribution in [2.45, 2.75) is 32.2 Å². The Balaban J connectivity index is 0.00000400. The summed E-state index contributed by atoms with van der Waals surface area (Å²) >= 11 is 0. The smallest absolute Gasteiger partial charge is 0.312 e. The molecule has 0 aromatic heterocycles. The molecule has 0 aromatic carbocycles. The van der Waals surface area contributed by atoms with Crippen LogP contribution >= 0.6 is 12.4 Å². The molecule has 0 radical (unpaired) electrons. The highest BCUT2D eigenvalue weighted by Gasteiger charge is 2.19. The van der Waals surface area contributed by atoms with Gasteiger partial charge in [0.2, 0.25) is 5.91 Å². The third-order valence-corrected chi connectivity index (χ3v) is 3.42. The van der Waals surface area contributed by atoms with E-state index >= 15 is 0 Å². The second-order valence-electron chi connectivity index (χ2n) is 5.09. The molecule has 0 saturated carbocycles. The molecule has 21 heavy (non-hydrogen) atoms. The van der Waals surface area contributed by atoms with Crippen molar-refractivity contribution in [3.63, 3.8) is 0 Å². The highest BCUT2D eigenvalue weighted by Crippen LogP contribution is 2.01. The van der Waals surface area contributed by atoms with Crippen LogP contribution in [0.5, 0.6) is 0 Å². The zero-order valence-corrected chi connectivity index (χ0v) is 13.5. The molecule has 1 saturated heterocycles. The quantitative estimate of drug-likeness (QED) is 0.491. The van der Waals surface area contributed by atoms with Crippen molar-refractivity contribution >= 4 is 24.3 Å². The van der Waals surface area contributed by atoms with Crippen LogP contribution in [0.15, 0.2) is 0 Å². The fourth-order valence-electron chi connectivity index (χ4n) is 2.24. The molecule has 1 fully saturated rings. The van der Waals surface area contributed by atoms with E-state index in [1.54, 1.807) is 0 Å². The second-order valence-corrected chi connectivity index (χ2v) is 5.09. The molecule has 1 atom stereocenters. The van der Waals surface area contributed by atoms with Crippen LogP contribution in [-0.4, -0.2) is 62.1 Å². The Morgan fingerprint density at radius 2 is 2.00 bits per heavy atom. The molecule has 0 spiro atoms. The molecule has 3 amide bonds. The minimum atomic E-state index is -0.650. The van der Waals surface area contributed by atoms with Gasteiger partial charge in [-0.3, -0.25) is 9.69 Å². The fourth-order valence-corrected chi connectivity index (χ4v) is 2.24. The maximum Gasteiger partial charge on any atom is 0.312 e. The van der Waals surface area contributed by atoms with Gasteiger partial charge in [-0.1, -0.05) is 19.8 Å². The number of carbonyl (C=O) groups excluding carboxylic acids is 2. The van der Waals surface area contributed by atoms with Crippen molar-refractivity contribution in [2.24, 2.45) is 5.73 Å². The zero-order chi connectivity index (χ0) is 14.8. The van der Waals surface area contributed by atoms with Crippen molar-refractivity contribution in [3.8, 4) is 0 Å². The van der Waals surface area contributed by atoms with Crippen LogP contribution < -0.4 is 21.7 Å². The number of urea groups is 1. The van der Waals surface area contributed by atoms with Gasteiger partial charge in [-0.05, 0) is 6.42 Å². The summed E-state index contributed by atoms with van der Waals surface area (Å²) in [6.45, 7) is 7.49. The zero-order valence-electron chi connectivity index (χ0n) is 12.7. The number of halogens is 1. The first kappa shape index (κ1) is 19.9. The molecule has 1 aliphatic heterocycles. The van der Waals surface area contributed by atoms with Crippen molar-refractivity contribution in [1.82, 2.24) is 20.9 Å². The normalized spacial score (nSPS) is 16.6. The van der Waals surface area contributed by atoms with E-state index in [1.807, 2.05) is 6.92 Å². The number of nitrogens with zero attached hydrogens (tertiary/aromatic N) is 1. The highest BCUT2D eigenvalue weighted by molar-refractivity contribution is 5.86. The summed E-state index contributed by atoms with van der Waals surface area (Å²) in [5, 5.41) is 8.67. The largest absolute Gasteiger partial charge is 0.353 e. The van der Waals surface area contributed by atoms with Crippen molar-refractivity contribution in [2.75, 3.05) is 39.3 Å². The first-order valence-electron chi connectivity index (χ1n) is 7.40. The first-order chi connectivity index (χ1) is 9.63. The highest BCUT2D eigenvalue weighted by atomic mass is 35.5. The van der Waals surface area contributed by atoms with E-state index in [2.05, 4.69) is 20.9 Å². The summed E-state index contributed by atoms with van der Waals surface area (Å²) < 4.78 is 0. The van der Waals surface area contributed by atoms with Crippen LogP contribution in [0.25, 0.3) is 0 Å². The van der Waals surface area contributed by atoms with E-state index in [1.165, 1.54) is 0 Å². The van der Waals surface area contributed by atoms with Gasteiger partial charge in [-0.25, -0.2) is 4.79 Å². The number of primary amides is 1. The molecule has 1 unspecified atom stereocenters. The lowest BCUT2D eigenvalue weighted by Gasteiger charge is -2.27. The van der Waals surface area contributed by atoms with E-state index in [0.717, 1.165) is 45.6 Å². The standard InChI is InChI=1S/C13H27N5O2.ClH/c1-2-3-4-11(17-13(14)20)12(19)16-7-10-18-8-5-15-6-9-18;/h11,15H,2-10H2,1H3,(H,16,19)(H3,14,17,20);1H. The topological polar surface area (TPSA) is 99.5 Å². The van der Waals surface area contributed by atoms with E-state index in [9.17, 15) is 9.59 Å². The Hall–Kier alpha value is -1.05. The number of nitrogens with one attached hydrogen (secondary N) is 3. The minimum Gasteiger partial charge on any atom is -0.353 e. The van der Waals surface area contributed by atoms with Crippen molar-refractivity contribution in [3.05, 3.63) is 0 Å². The van der Waals surface area contributed by atoms with Gasteiger partial charge in [0.25, 0.3) is 0 Å². The molecular formula is C13H28ClN5O2. The molecule has 0 aromatic rings.